The molecule has 0 spiro atoms. The molecule has 0 bridgehead atoms. The molecule has 1 aliphatic heterocycles. The van der Waals surface area contributed by atoms with E-state index in [1.54, 1.807) is 6.92 Å². The summed E-state index contributed by atoms with van der Waals surface area (Å²) in [6.45, 7) is 2.12. The Kier molecular flexibility index (Phi) is 5.63. The van der Waals surface area contributed by atoms with Crippen molar-refractivity contribution in [2.75, 3.05) is 11.9 Å². The molecule has 0 saturated carbocycles. The lowest BCUT2D eigenvalue weighted by molar-refractivity contribution is -0.143. The smallest absolute Gasteiger partial charge is 0.372 e. The van der Waals surface area contributed by atoms with Gasteiger partial charge in [0.1, 0.15) is 5.82 Å². The number of nitrogens with zero attached hydrogens (tertiary/aromatic N) is 1. The first-order valence-electron chi connectivity index (χ1n) is 9.95. The van der Waals surface area contributed by atoms with Crippen LogP contribution in [0.5, 0.6) is 0 Å². The minimum atomic E-state index is -5.06. The number of ether oxygens (including phenoxy) is 1. The van der Waals surface area contributed by atoms with Gasteiger partial charge in [-0.15, -0.1) is 0 Å². The van der Waals surface area contributed by atoms with E-state index in [2.05, 4.69) is 5.32 Å². The zero-order chi connectivity index (χ0) is 24.1. The minimum absolute atomic E-state index is 0.0215. The Morgan fingerprint density at radius 2 is 1.70 bits per heavy atom. The third-order valence-corrected chi connectivity index (χ3v) is 5.46. The van der Waals surface area contributed by atoms with Gasteiger partial charge in [-0.3, -0.25) is 4.57 Å². The number of halogens is 7. The van der Waals surface area contributed by atoms with Gasteiger partial charge in [0.25, 0.3) is 0 Å². The summed E-state index contributed by atoms with van der Waals surface area (Å²) in [7, 11) is 0. The summed E-state index contributed by atoms with van der Waals surface area (Å²) in [5, 5.41) is 2.58. The highest BCUT2D eigenvalue weighted by Crippen LogP contribution is 2.39. The van der Waals surface area contributed by atoms with Gasteiger partial charge >= 0.3 is 18.4 Å². The first-order valence-corrected chi connectivity index (χ1v) is 9.95. The van der Waals surface area contributed by atoms with Gasteiger partial charge in [-0.05, 0) is 54.8 Å². The molecule has 2 heterocycles. The average molecular weight is 474 g/mol. The Morgan fingerprint density at radius 3 is 2.27 bits per heavy atom. The number of rotatable bonds is 2. The van der Waals surface area contributed by atoms with Crippen molar-refractivity contribution < 1.29 is 40.3 Å². The van der Waals surface area contributed by atoms with Crippen molar-refractivity contribution in [1.82, 2.24) is 4.57 Å². The second-order valence-corrected chi connectivity index (χ2v) is 7.60. The van der Waals surface area contributed by atoms with Crippen molar-refractivity contribution in [3.05, 3.63) is 64.6 Å². The molecule has 1 aromatic heterocycles. The zero-order valence-electron chi connectivity index (χ0n) is 17.1. The first-order chi connectivity index (χ1) is 15.4. The SMILES string of the molecule is CC[C@@H]1OCCc2c1n(C(=O)Nc1cc(C(F)(F)F)cc(C(F)(F)F)c1)c1ccc(F)cc21. The van der Waals surface area contributed by atoms with Crippen LogP contribution in [-0.2, 0) is 23.5 Å². The molecule has 1 amide bonds. The van der Waals surface area contributed by atoms with Crippen LogP contribution in [0.1, 0.15) is 41.8 Å². The van der Waals surface area contributed by atoms with E-state index in [0.29, 0.717) is 48.2 Å². The standard InChI is InChI=1S/C22H17F7N2O2/c1-2-18-19-15(5-6-33-18)16-10-13(23)3-4-17(16)31(19)20(32)30-14-8-11(21(24,25)26)7-12(9-14)22(27,28)29/h3-4,7-10,18H,2,5-6H2,1H3,(H,30,32)/t18-/m0/s1. The van der Waals surface area contributed by atoms with Gasteiger partial charge in [0.15, 0.2) is 0 Å². The fourth-order valence-electron chi connectivity index (χ4n) is 4.07. The van der Waals surface area contributed by atoms with E-state index in [1.165, 1.54) is 12.1 Å². The number of carbonyl (C=O) groups is 1. The molecule has 33 heavy (non-hydrogen) atoms. The molecule has 176 valence electrons. The van der Waals surface area contributed by atoms with Crippen molar-refractivity contribution >= 4 is 22.6 Å². The summed E-state index contributed by atoms with van der Waals surface area (Å²) in [6.07, 6.45) is -9.85. The molecule has 1 N–H and O–H groups in total. The Balaban J connectivity index is 1.84. The number of anilines is 1. The monoisotopic (exact) mass is 474 g/mol. The molecule has 1 aliphatic rings. The summed E-state index contributed by atoms with van der Waals surface area (Å²) in [4.78, 5) is 13.2. The number of carbonyl (C=O) groups excluding carboxylic acids is 1. The number of hydrogen-bond donors (Lipinski definition) is 1. The molecular formula is C22H17F7N2O2. The number of hydrogen-bond acceptors (Lipinski definition) is 2. The Morgan fingerprint density at radius 1 is 1.06 bits per heavy atom. The highest BCUT2D eigenvalue weighted by atomic mass is 19.4. The van der Waals surface area contributed by atoms with E-state index >= 15 is 0 Å². The summed E-state index contributed by atoms with van der Waals surface area (Å²) in [6, 6.07) is 3.55. The van der Waals surface area contributed by atoms with Gasteiger partial charge in [-0.25, -0.2) is 9.18 Å². The maximum Gasteiger partial charge on any atom is 0.416 e. The maximum atomic E-state index is 13.9. The Bertz CT molecular complexity index is 1200. The molecule has 11 heteroatoms. The minimum Gasteiger partial charge on any atom is -0.372 e. The van der Waals surface area contributed by atoms with Crippen molar-refractivity contribution in [2.24, 2.45) is 0 Å². The van der Waals surface area contributed by atoms with E-state index in [0.717, 1.165) is 10.6 Å². The third-order valence-electron chi connectivity index (χ3n) is 5.46. The zero-order valence-corrected chi connectivity index (χ0v) is 17.1. The summed E-state index contributed by atoms with van der Waals surface area (Å²) in [5.74, 6) is -0.546. The lowest BCUT2D eigenvalue weighted by Gasteiger charge is -2.25. The molecule has 1 atom stereocenters. The molecule has 0 unspecified atom stereocenters. The van der Waals surface area contributed by atoms with Crippen LogP contribution in [0.15, 0.2) is 36.4 Å². The number of nitrogens with one attached hydrogen (secondary N) is 1. The first kappa shape index (κ1) is 23.1. The molecule has 0 fully saturated rings. The van der Waals surface area contributed by atoms with E-state index in [1.807, 2.05) is 0 Å². The number of aromatic nitrogens is 1. The van der Waals surface area contributed by atoms with E-state index in [4.69, 9.17) is 4.74 Å². The van der Waals surface area contributed by atoms with Gasteiger partial charge in [0.05, 0.1) is 35.0 Å². The Hall–Kier alpha value is -3.08. The van der Waals surface area contributed by atoms with Crippen molar-refractivity contribution in [1.29, 1.82) is 0 Å². The van der Waals surface area contributed by atoms with Crippen molar-refractivity contribution in [2.45, 2.75) is 38.2 Å². The topological polar surface area (TPSA) is 43.3 Å². The van der Waals surface area contributed by atoms with Gasteiger partial charge < -0.3 is 10.1 Å². The molecule has 3 aromatic rings. The Labute approximate surface area is 182 Å². The fourth-order valence-corrected chi connectivity index (χ4v) is 4.07. The summed E-state index contributed by atoms with van der Waals surface area (Å²) >= 11 is 0. The second kappa shape index (κ2) is 8.05. The highest BCUT2D eigenvalue weighted by molar-refractivity contribution is 6.01. The van der Waals surface area contributed by atoms with E-state index in [-0.39, 0.29) is 11.6 Å². The van der Waals surface area contributed by atoms with Crippen LogP contribution >= 0.6 is 0 Å². The molecule has 0 saturated heterocycles. The van der Waals surface area contributed by atoms with Crippen molar-refractivity contribution in [3.63, 3.8) is 0 Å². The lowest BCUT2D eigenvalue weighted by atomic mass is 10.0. The van der Waals surface area contributed by atoms with Crippen LogP contribution in [0.4, 0.5) is 41.2 Å². The number of alkyl halides is 6. The fraction of sp³-hybridized carbons (Fsp3) is 0.318. The van der Waals surface area contributed by atoms with Crippen LogP contribution in [0, 0.1) is 5.82 Å². The largest absolute Gasteiger partial charge is 0.416 e. The lowest BCUT2D eigenvalue weighted by Crippen LogP contribution is -2.26. The van der Waals surface area contributed by atoms with Gasteiger partial charge in [0, 0.05) is 11.1 Å². The molecule has 0 aliphatic carbocycles. The van der Waals surface area contributed by atoms with E-state index in [9.17, 15) is 35.5 Å². The molecule has 4 rings (SSSR count). The molecule has 4 nitrogen and oxygen atoms in total. The number of benzene rings is 2. The molecule has 0 radical (unpaired) electrons. The van der Waals surface area contributed by atoms with Gasteiger partial charge in [-0.1, -0.05) is 6.92 Å². The van der Waals surface area contributed by atoms with Crippen LogP contribution in [0.25, 0.3) is 10.9 Å². The van der Waals surface area contributed by atoms with Crippen LogP contribution in [0.2, 0.25) is 0 Å². The highest BCUT2D eigenvalue weighted by Gasteiger charge is 2.37. The summed E-state index contributed by atoms with van der Waals surface area (Å²) < 4.78 is 99.8. The predicted octanol–water partition coefficient (Wildman–Crippen LogP) is 6.92. The van der Waals surface area contributed by atoms with Crippen molar-refractivity contribution in [3.8, 4) is 0 Å². The van der Waals surface area contributed by atoms with Crippen LogP contribution in [-0.4, -0.2) is 17.2 Å². The average Bonchev–Trinajstić information content (AvgIpc) is 3.06. The van der Waals surface area contributed by atoms with Gasteiger partial charge in [-0.2, -0.15) is 26.3 Å². The maximum absolute atomic E-state index is 13.9. The number of fused-ring (bicyclic) bond motifs is 3. The molecular weight excluding hydrogens is 457 g/mol. The van der Waals surface area contributed by atoms with E-state index < -0.39 is 47.1 Å². The third kappa shape index (κ3) is 4.29. The van der Waals surface area contributed by atoms with Crippen LogP contribution in [0.3, 0.4) is 0 Å². The quantitative estimate of drug-likeness (QED) is 0.410. The predicted molar refractivity (Wildman–Crippen MR) is 105 cm³/mol. The van der Waals surface area contributed by atoms with Crippen LogP contribution < -0.4 is 5.32 Å². The summed E-state index contributed by atoms with van der Waals surface area (Å²) in [5.41, 5.74) is -2.47. The number of amides is 1. The molecule has 2 aromatic carbocycles. The second-order valence-electron chi connectivity index (χ2n) is 7.60. The van der Waals surface area contributed by atoms with Gasteiger partial charge in [0.2, 0.25) is 0 Å². The normalized spacial score (nSPS) is 16.7.